The molecule has 1 saturated carbocycles. The Balaban J connectivity index is 1.50. The Kier molecular flexibility index (Phi) is 6.85. The van der Waals surface area contributed by atoms with E-state index in [1.807, 2.05) is 23.6 Å². The molecule has 0 bridgehead atoms. The van der Waals surface area contributed by atoms with Gasteiger partial charge in [-0.2, -0.15) is 0 Å². The third kappa shape index (κ3) is 4.93. The van der Waals surface area contributed by atoms with Crippen molar-refractivity contribution in [3.05, 3.63) is 40.1 Å². The van der Waals surface area contributed by atoms with E-state index in [1.165, 1.54) is 24.8 Å². The zero-order chi connectivity index (χ0) is 18.5. The lowest BCUT2D eigenvalue weighted by atomic mass is 9.86. The van der Waals surface area contributed by atoms with Crippen LogP contribution in [-0.4, -0.2) is 42.5 Å². The summed E-state index contributed by atoms with van der Waals surface area (Å²) in [7, 11) is 4.24. The molecule has 4 heteroatoms. The SMILES string of the molecule is CN(C)CCCCCC1=C[C@H]2C[C@@H](O)[C@H](C(=O)/C=C/c3cccs3)[C@H]2C1. The number of carbonyl (C=O) groups is 1. The molecule has 0 radical (unpaired) electrons. The van der Waals surface area contributed by atoms with Crippen LogP contribution in [0.15, 0.2) is 35.2 Å². The van der Waals surface area contributed by atoms with E-state index in [1.54, 1.807) is 17.4 Å². The fourth-order valence-electron chi connectivity index (χ4n) is 4.50. The lowest BCUT2D eigenvalue weighted by Gasteiger charge is -2.19. The summed E-state index contributed by atoms with van der Waals surface area (Å²) in [4.78, 5) is 16.0. The Morgan fingerprint density at radius 1 is 1.35 bits per heavy atom. The van der Waals surface area contributed by atoms with Crippen molar-refractivity contribution in [3.63, 3.8) is 0 Å². The summed E-state index contributed by atoms with van der Waals surface area (Å²) in [5.41, 5.74) is 1.51. The number of unbranched alkanes of at least 4 members (excludes halogenated alkanes) is 2. The van der Waals surface area contributed by atoms with Gasteiger partial charge in [-0.15, -0.1) is 11.3 Å². The smallest absolute Gasteiger partial charge is 0.161 e. The third-order valence-corrected chi connectivity index (χ3v) is 6.61. The first-order valence-electron chi connectivity index (χ1n) is 9.82. The summed E-state index contributed by atoms with van der Waals surface area (Å²) in [6.45, 7) is 1.16. The van der Waals surface area contributed by atoms with Crippen molar-refractivity contribution in [2.24, 2.45) is 17.8 Å². The van der Waals surface area contributed by atoms with Crippen molar-refractivity contribution in [1.29, 1.82) is 0 Å². The lowest BCUT2D eigenvalue weighted by Crippen LogP contribution is -2.27. The largest absolute Gasteiger partial charge is 0.392 e. The second-order valence-corrected chi connectivity index (χ2v) is 9.03. The van der Waals surface area contributed by atoms with Crippen LogP contribution in [0.3, 0.4) is 0 Å². The predicted octanol–water partition coefficient (Wildman–Crippen LogP) is 4.40. The van der Waals surface area contributed by atoms with Gasteiger partial charge in [-0.1, -0.05) is 24.1 Å². The van der Waals surface area contributed by atoms with E-state index in [2.05, 4.69) is 25.1 Å². The molecule has 3 nitrogen and oxygen atoms in total. The number of fused-ring (bicyclic) bond motifs is 1. The molecule has 2 aliphatic rings. The maximum Gasteiger partial charge on any atom is 0.161 e. The molecular weight excluding hydrogens is 342 g/mol. The first-order chi connectivity index (χ1) is 12.5. The topological polar surface area (TPSA) is 40.5 Å². The number of aliphatic hydroxyl groups is 1. The molecule has 1 aromatic heterocycles. The first-order valence-corrected chi connectivity index (χ1v) is 10.7. The molecule has 2 aliphatic carbocycles. The van der Waals surface area contributed by atoms with E-state index in [9.17, 15) is 9.90 Å². The highest BCUT2D eigenvalue weighted by atomic mass is 32.1. The van der Waals surface area contributed by atoms with Crippen molar-refractivity contribution >= 4 is 23.2 Å². The predicted molar refractivity (Wildman–Crippen MR) is 109 cm³/mol. The van der Waals surface area contributed by atoms with Crippen molar-refractivity contribution in [2.75, 3.05) is 20.6 Å². The van der Waals surface area contributed by atoms with Gasteiger partial charge in [0.15, 0.2) is 5.78 Å². The summed E-state index contributed by atoms with van der Waals surface area (Å²) in [5.74, 6) is 0.575. The van der Waals surface area contributed by atoms with Crippen LogP contribution < -0.4 is 0 Å². The summed E-state index contributed by atoms with van der Waals surface area (Å²) < 4.78 is 0. The number of allylic oxidation sites excluding steroid dienone is 3. The molecule has 1 aromatic rings. The van der Waals surface area contributed by atoms with Gasteiger partial charge in [-0.05, 0) is 88.2 Å². The average molecular weight is 374 g/mol. The number of hydrogen-bond donors (Lipinski definition) is 1. The molecule has 4 atom stereocenters. The molecule has 1 N–H and O–H groups in total. The lowest BCUT2D eigenvalue weighted by molar-refractivity contribution is -0.121. The standard InChI is InChI=1S/C22H31NO2S/c1-23(2)11-5-3-4-7-16-13-17-15-21(25)22(19(17)14-16)20(24)10-9-18-8-6-12-26-18/h6,8-10,12-13,17,19,21-22,25H,3-5,7,11,14-15H2,1-2H3/b10-9+/t17-,19-,21+,22-/m0/s1. The molecule has 142 valence electrons. The highest BCUT2D eigenvalue weighted by Gasteiger charge is 2.47. The minimum Gasteiger partial charge on any atom is -0.392 e. The molecule has 1 fully saturated rings. The molecule has 0 amide bonds. The van der Waals surface area contributed by atoms with Crippen LogP contribution in [0.4, 0.5) is 0 Å². The first kappa shape index (κ1) is 19.5. The molecular formula is C22H31NO2S. The van der Waals surface area contributed by atoms with E-state index < -0.39 is 6.10 Å². The Bertz CT molecular complexity index is 647. The minimum atomic E-state index is -0.483. The Morgan fingerprint density at radius 2 is 2.19 bits per heavy atom. The monoisotopic (exact) mass is 373 g/mol. The normalized spacial score (nSPS) is 28.1. The Labute approximate surface area is 161 Å². The van der Waals surface area contributed by atoms with E-state index in [-0.39, 0.29) is 11.7 Å². The zero-order valence-corrected chi connectivity index (χ0v) is 16.8. The quantitative estimate of drug-likeness (QED) is 0.396. The number of thiophene rings is 1. The number of carbonyl (C=O) groups excluding carboxylic acids is 1. The number of aliphatic hydroxyl groups excluding tert-OH is 1. The fraction of sp³-hybridized carbons (Fsp3) is 0.591. The van der Waals surface area contributed by atoms with Crippen LogP contribution in [0.25, 0.3) is 6.08 Å². The highest BCUT2D eigenvalue weighted by molar-refractivity contribution is 7.10. The van der Waals surface area contributed by atoms with Crippen molar-refractivity contribution < 1.29 is 9.90 Å². The summed E-state index contributed by atoms with van der Waals surface area (Å²) in [5, 5.41) is 12.4. The van der Waals surface area contributed by atoms with E-state index in [0.717, 1.165) is 30.7 Å². The van der Waals surface area contributed by atoms with Crippen LogP contribution in [-0.2, 0) is 4.79 Å². The number of hydrogen-bond acceptors (Lipinski definition) is 4. The Hall–Kier alpha value is -1.23. The second kappa shape index (κ2) is 9.12. The summed E-state index contributed by atoms with van der Waals surface area (Å²) >= 11 is 1.63. The molecule has 26 heavy (non-hydrogen) atoms. The van der Waals surface area contributed by atoms with Gasteiger partial charge in [-0.3, -0.25) is 4.79 Å². The third-order valence-electron chi connectivity index (χ3n) is 5.77. The van der Waals surface area contributed by atoms with Crippen LogP contribution in [0.1, 0.15) is 43.4 Å². The van der Waals surface area contributed by atoms with Gasteiger partial charge in [-0.25, -0.2) is 0 Å². The molecule has 3 rings (SSSR count). The van der Waals surface area contributed by atoms with Gasteiger partial charge in [0.05, 0.1) is 12.0 Å². The molecule has 0 saturated heterocycles. The van der Waals surface area contributed by atoms with Crippen molar-refractivity contribution in [2.45, 2.75) is 44.6 Å². The minimum absolute atomic E-state index is 0.0963. The van der Waals surface area contributed by atoms with Gasteiger partial charge in [0.1, 0.15) is 0 Å². The molecule has 0 unspecified atom stereocenters. The van der Waals surface area contributed by atoms with Crippen LogP contribution in [0.2, 0.25) is 0 Å². The molecule has 0 aliphatic heterocycles. The van der Waals surface area contributed by atoms with Crippen LogP contribution >= 0.6 is 11.3 Å². The Morgan fingerprint density at radius 3 is 2.92 bits per heavy atom. The average Bonchev–Trinajstić information content (AvgIpc) is 3.28. The van der Waals surface area contributed by atoms with E-state index in [4.69, 9.17) is 0 Å². The molecule has 1 heterocycles. The highest BCUT2D eigenvalue weighted by Crippen LogP contribution is 2.48. The number of nitrogens with zero attached hydrogens (tertiary/aromatic N) is 1. The maximum atomic E-state index is 12.7. The number of rotatable bonds is 9. The van der Waals surface area contributed by atoms with E-state index >= 15 is 0 Å². The second-order valence-electron chi connectivity index (χ2n) is 8.05. The van der Waals surface area contributed by atoms with Gasteiger partial charge >= 0.3 is 0 Å². The van der Waals surface area contributed by atoms with Gasteiger partial charge in [0.2, 0.25) is 0 Å². The van der Waals surface area contributed by atoms with Crippen LogP contribution in [0.5, 0.6) is 0 Å². The number of ketones is 1. The van der Waals surface area contributed by atoms with Gasteiger partial charge < -0.3 is 10.0 Å². The van der Waals surface area contributed by atoms with Crippen LogP contribution in [0, 0.1) is 17.8 Å². The zero-order valence-electron chi connectivity index (χ0n) is 15.9. The fourth-order valence-corrected chi connectivity index (χ4v) is 5.12. The van der Waals surface area contributed by atoms with E-state index in [0.29, 0.717) is 11.8 Å². The molecule has 0 aromatic carbocycles. The van der Waals surface area contributed by atoms with Crippen molar-refractivity contribution in [1.82, 2.24) is 4.90 Å². The summed E-state index contributed by atoms with van der Waals surface area (Å²) in [6.07, 6.45) is 12.1. The van der Waals surface area contributed by atoms with Gasteiger partial charge in [0, 0.05) is 4.88 Å². The maximum absolute atomic E-state index is 12.7. The molecule has 0 spiro atoms. The van der Waals surface area contributed by atoms with Crippen molar-refractivity contribution in [3.8, 4) is 0 Å². The summed E-state index contributed by atoms with van der Waals surface area (Å²) in [6, 6.07) is 3.99. The van der Waals surface area contributed by atoms with Gasteiger partial charge in [0.25, 0.3) is 0 Å².